The molecular weight excluding hydrogens is 918 g/mol. The summed E-state index contributed by atoms with van der Waals surface area (Å²) in [5.74, 6) is 1.03. The Morgan fingerprint density at radius 2 is 0.697 bits per heavy atom. The maximum Gasteiger partial charge on any atom is 0.252 e. The van der Waals surface area contributed by atoms with Gasteiger partial charge in [-0.2, -0.15) is 0 Å². The van der Waals surface area contributed by atoms with Crippen LogP contribution in [0.4, 0.5) is 68.2 Å². The summed E-state index contributed by atoms with van der Waals surface area (Å²) in [4.78, 5) is 10.2. The normalized spacial score (nSPS) is 13.2. The first-order valence-electron chi connectivity index (χ1n) is 27.3. The molecule has 0 bridgehead atoms. The Bertz CT molecular complexity index is 3720. The minimum absolute atomic E-state index is 0.0375. The molecule has 0 unspecified atom stereocenters. The summed E-state index contributed by atoms with van der Waals surface area (Å²) < 4.78 is 0. The van der Waals surface area contributed by atoms with E-state index in [1.165, 1.54) is 89.2 Å². The molecule has 0 aromatic heterocycles. The molecule has 0 N–H and O–H groups in total. The second-order valence-corrected chi connectivity index (χ2v) is 21.9. The summed E-state index contributed by atoms with van der Waals surface area (Å²) in [7, 11) is 0. The Hall–Kier alpha value is -8.47. The third kappa shape index (κ3) is 7.60. The van der Waals surface area contributed by atoms with E-state index in [0.717, 1.165) is 34.1 Å². The molecule has 0 radical (unpaired) electrons. The molecule has 0 aliphatic carbocycles. The van der Waals surface area contributed by atoms with E-state index in [1.807, 2.05) is 0 Å². The molecule has 76 heavy (non-hydrogen) atoms. The third-order valence-corrected chi connectivity index (χ3v) is 16.3. The zero-order valence-corrected chi connectivity index (χ0v) is 44.6. The number of para-hydroxylation sites is 7. The van der Waals surface area contributed by atoms with Gasteiger partial charge in [-0.05, 0) is 159 Å². The molecule has 0 saturated carbocycles. The fourth-order valence-electron chi connectivity index (χ4n) is 13.0. The Labute approximate surface area is 450 Å². The summed E-state index contributed by atoms with van der Waals surface area (Å²) in [5.41, 5.74) is 27.5. The van der Waals surface area contributed by atoms with Crippen molar-refractivity contribution in [1.82, 2.24) is 0 Å². The van der Waals surface area contributed by atoms with Crippen LogP contribution in [0, 0.1) is 6.92 Å². The lowest BCUT2D eigenvalue weighted by Crippen LogP contribution is -2.65. The van der Waals surface area contributed by atoms with Gasteiger partial charge in [0.05, 0.1) is 5.69 Å². The van der Waals surface area contributed by atoms with Gasteiger partial charge in [-0.1, -0.05) is 193 Å². The Balaban J connectivity index is 1.19. The second-order valence-electron chi connectivity index (χ2n) is 21.9. The van der Waals surface area contributed by atoms with E-state index in [2.05, 4.69) is 299 Å². The van der Waals surface area contributed by atoms with Crippen molar-refractivity contribution in [3.63, 3.8) is 0 Å². The molecule has 0 fully saturated rings. The van der Waals surface area contributed by atoms with Gasteiger partial charge in [0.2, 0.25) is 6.71 Å². The lowest BCUT2D eigenvalue weighted by Gasteiger charge is -2.47. The number of hydrogen-bond acceptors (Lipinski definition) is 4. The van der Waals surface area contributed by atoms with Gasteiger partial charge < -0.3 is 19.6 Å². The third-order valence-electron chi connectivity index (χ3n) is 16.3. The minimum Gasteiger partial charge on any atom is -0.311 e. The number of hydrogen-bond donors (Lipinski definition) is 0. The molecule has 13 rings (SSSR count). The van der Waals surface area contributed by atoms with Gasteiger partial charge in [0, 0.05) is 62.6 Å². The summed E-state index contributed by atoms with van der Waals surface area (Å²) in [5, 5.41) is 0. The molecule has 4 nitrogen and oxygen atoms in total. The predicted octanol–water partition coefficient (Wildman–Crippen LogP) is 15.2. The Morgan fingerprint density at radius 1 is 0.329 bits per heavy atom. The lowest BCUT2D eigenvalue weighted by atomic mass is 9.30. The molecular formula is C70H62B2N4. The molecule has 0 spiro atoms. The SMILES string of the molecule is Cc1c2c(cc3c1N(c1ccccc1)c1cc(N(c4ccccc4)c4ccccc4)cc4c1B3c1ccccc1N4c1ccccc1)B(c1c(C(C)C)cc(C(C)C)cc1C(C)C)c1ccccc1N2c1ccccc1. The fraction of sp³-hybridized carbons (Fsp3) is 0.143. The highest BCUT2D eigenvalue weighted by molar-refractivity contribution is 7.02. The number of anilines is 12. The van der Waals surface area contributed by atoms with Crippen molar-refractivity contribution < 1.29 is 0 Å². The van der Waals surface area contributed by atoms with E-state index in [9.17, 15) is 0 Å². The first kappa shape index (κ1) is 47.3. The van der Waals surface area contributed by atoms with E-state index in [4.69, 9.17) is 0 Å². The van der Waals surface area contributed by atoms with Crippen LogP contribution in [0.2, 0.25) is 0 Å². The molecule has 0 amide bonds. The van der Waals surface area contributed by atoms with Crippen LogP contribution in [0.25, 0.3) is 0 Å². The van der Waals surface area contributed by atoms with E-state index in [1.54, 1.807) is 0 Å². The monoisotopic (exact) mass is 981 g/mol. The topological polar surface area (TPSA) is 13.0 Å². The maximum atomic E-state index is 2.68. The van der Waals surface area contributed by atoms with E-state index in [0.29, 0.717) is 17.8 Å². The highest BCUT2D eigenvalue weighted by Crippen LogP contribution is 2.51. The maximum absolute atomic E-state index is 2.68. The van der Waals surface area contributed by atoms with Crippen LogP contribution in [0.15, 0.2) is 231 Å². The van der Waals surface area contributed by atoms with Crippen molar-refractivity contribution in [2.45, 2.75) is 66.2 Å². The van der Waals surface area contributed by atoms with Crippen LogP contribution < -0.4 is 52.4 Å². The number of benzene rings is 10. The number of rotatable bonds is 10. The highest BCUT2D eigenvalue weighted by atomic mass is 15.2. The summed E-state index contributed by atoms with van der Waals surface area (Å²) in [6.07, 6.45) is 0. The molecule has 3 heterocycles. The largest absolute Gasteiger partial charge is 0.311 e. The summed E-state index contributed by atoms with van der Waals surface area (Å²) in [6.45, 7) is 16.6. The van der Waals surface area contributed by atoms with Gasteiger partial charge in [0.25, 0.3) is 6.71 Å². The molecule has 10 aromatic carbocycles. The minimum atomic E-state index is -0.100. The molecule has 3 aliphatic heterocycles. The van der Waals surface area contributed by atoms with Crippen LogP contribution in [0.3, 0.4) is 0 Å². The molecule has 368 valence electrons. The van der Waals surface area contributed by atoms with Crippen molar-refractivity contribution in [1.29, 1.82) is 0 Å². The van der Waals surface area contributed by atoms with Crippen molar-refractivity contribution in [3.05, 3.63) is 253 Å². The van der Waals surface area contributed by atoms with Crippen molar-refractivity contribution in [2.24, 2.45) is 0 Å². The van der Waals surface area contributed by atoms with Crippen molar-refractivity contribution in [3.8, 4) is 0 Å². The van der Waals surface area contributed by atoms with Crippen LogP contribution in [-0.4, -0.2) is 13.4 Å². The van der Waals surface area contributed by atoms with Gasteiger partial charge in [-0.25, -0.2) is 0 Å². The number of fused-ring (bicyclic) bond motifs is 6. The standard InChI is InChI=1S/C70H62B2N4/c1-46(2)50-41-57(47(3)4)67(58(42-50)48(5)6)71-60-38-24-26-40-64(60)75(54-33-19-11-20-34-54)69-49(7)70-62(45-61(69)71)72-59-37-23-25-39-63(59)74(53-31-17-10-18-32-53)65-43-56(44-66(68(65)72)76(70)55-35-21-12-22-36-55)73(51-27-13-8-14-28-51)52-29-15-9-16-30-52/h8-48H,1-7H3. The van der Waals surface area contributed by atoms with Crippen LogP contribution in [-0.2, 0) is 0 Å². The van der Waals surface area contributed by atoms with Crippen molar-refractivity contribution >= 4 is 114 Å². The van der Waals surface area contributed by atoms with Crippen LogP contribution in [0.5, 0.6) is 0 Å². The first-order chi connectivity index (χ1) is 37.2. The molecule has 3 aliphatic rings. The molecule has 6 heteroatoms. The highest BCUT2D eigenvalue weighted by Gasteiger charge is 2.48. The van der Waals surface area contributed by atoms with E-state index in [-0.39, 0.29) is 13.4 Å². The quantitative estimate of drug-likeness (QED) is 0.127. The van der Waals surface area contributed by atoms with Gasteiger partial charge in [-0.3, -0.25) is 0 Å². The van der Waals surface area contributed by atoms with Gasteiger partial charge in [0.1, 0.15) is 0 Å². The average molecular weight is 981 g/mol. The smallest absolute Gasteiger partial charge is 0.252 e. The number of nitrogens with zero attached hydrogens (tertiary/aromatic N) is 4. The zero-order chi connectivity index (χ0) is 51.8. The summed E-state index contributed by atoms with van der Waals surface area (Å²) in [6, 6.07) is 86.1. The fourth-order valence-corrected chi connectivity index (χ4v) is 13.0. The molecule has 10 aromatic rings. The first-order valence-corrected chi connectivity index (χ1v) is 27.3. The Kier molecular flexibility index (Phi) is 11.8. The molecule has 0 atom stereocenters. The zero-order valence-electron chi connectivity index (χ0n) is 44.6. The van der Waals surface area contributed by atoms with E-state index >= 15 is 0 Å². The average Bonchev–Trinajstić information content (AvgIpc) is 3.47. The lowest BCUT2D eigenvalue weighted by molar-refractivity contribution is 0.812. The van der Waals surface area contributed by atoms with Crippen molar-refractivity contribution in [2.75, 3.05) is 19.6 Å². The second kappa shape index (κ2) is 19.0. The predicted molar refractivity (Wildman–Crippen MR) is 328 cm³/mol. The van der Waals surface area contributed by atoms with Crippen LogP contribution >= 0.6 is 0 Å². The van der Waals surface area contributed by atoms with Gasteiger partial charge in [-0.15, -0.1) is 0 Å². The van der Waals surface area contributed by atoms with Gasteiger partial charge >= 0.3 is 0 Å². The van der Waals surface area contributed by atoms with Gasteiger partial charge in [0.15, 0.2) is 0 Å². The van der Waals surface area contributed by atoms with Crippen LogP contribution in [0.1, 0.15) is 81.5 Å². The summed E-state index contributed by atoms with van der Waals surface area (Å²) >= 11 is 0. The Morgan fingerprint density at radius 3 is 1.14 bits per heavy atom. The van der Waals surface area contributed by atoms with E-state index < -0.39 is 0 Å². The molecule has 0 saturated heterocycles.